The molecule has 4 heteroatoms. The topological polar surface area (TPSA) is 52.6 Å². The van der Waals surface area contributed by atoms with Gasteiger partial charge in [0.2, 0.25) is 0 Å². The van der Waals surface area contributed by atoms with Crippen LogP contribution in [-0.4, -0.2) is 25.2 Å². The maximum absolute atomic E-state index is 12.3. The van der Waals surface area contributed by atoms with Crippen LogP contribution in [0.4, 0.5) is 0 Å². The number of hydrogen-bond donors (Lipinski definition) is 0. The molecule has 0 amide bonds. The fraction of sp³-hybridized carbons (Fsp3) is 0.333. The third kappa shape index (κ3) is 2.38. The standard InChI is InChI=1S/C15H16O4/c1-2-10-18-13(16)15(9-6-11-19-14(15)17)12-7-4-3-5-8-12/h2-5,7-8H,1,6,9-11H2. The summed E-state index contributed by atoms with van der Waals surface area (Å²) in [6.07, 6.45) is 2.53. The molecule has 0 bridgehead atoms. The second kappa shape index (κ2) is 5.69. The van der Waals surface area contributed by atoms with E-state index in [0.717, 1.165) is 0 Å². The van der Waals surface area contributed by atoms with Gasteiger partial charge in [0.1, 0.15) is 6.61 Å². The number of rotatable bonds is 4. The lowest BCUT2D eigenvalue weighted by Crippen LogP contribution is -2.48. The largest absolute Gasteiger partial charge is 0.465 e. The lowest BCUT2D eigenvalue weighted by atomic mass is 9.75. The Morgan fingerprint density at radius 3 is 2.79 bits per heavy atom. The van der Waals surface area contributed by atoms with Gasteiger partial charge in [0.05, 0.1) is 6.61 Å². The summed E-state index contributed by atoms with van der Waals surface area (Å²) in [5.41, 5.74) is -0.712. The predicted octanol–water partition coefficient (Wildman–Crippen LogP) is 1.99. The number of carbonyl (C=O) groups excluding carboxylic acids is 2. The Bertz CT molecular complexity index is 480. The summed E-state index contributed by atoms with van der Waals surface area (Å²) in [7, 11) is 0. The van der Waals surface area contributed by atoms with Gasteiger partial charge in [-0.25, -0.2) is 0 Å². The van der Waals surface area contributed by atoms with Crippen molar-refractivity contribution in [2.45, 2.75) is 18.3 Å². The minimum absolute atomic E-state index is 0.0840. The van der Waals surface area contributed by atoms with E-state index in [2.05, 4.69) is 6.58 Å². The van der Waals surface area contributed by atoms with Crippen molar-refractivity contribution >= 4 is 11.9 Å². The maximum atomic E-state index is 12.3. The van der Waals surface area contributed by atoms with Crippen LogP contribution in [0.1, 0.15) is 18.4 Å². The van der Waals surface area contributed by atoms with Gasteiger partial charge in [0.25, 0.3) is 0 Å². The Balaban J connectivity index is 2.40. The van der Waals surface area contributed by atoms with Crippen LogP contribution in [0.15, 0.2) is 43.0 Å². The first-order valence-electron chi connectivity index (χ1n) is 6.22. The lowest BCUT2D eigenvalue weighted by Gasteiger charge is -2.32. The number of ether oxygens (including phenoxy) is 2. The average Bonchev–Trinajstić information content (AvgIpc) is 2.46. The maximum Gasteiger partial charge on any atom is 0.328 e. The third-order valence-electron chi connectivity index (χ3n) is 3.23. The molecule has 1 atom stereocenters. The summed E-state index contributed by atoms with van der Waals surface area (Å²) < 4.78 is 10.2. The van der Waals surface area contributed by atoms with Crippen molar-refractivity contribution in [3.8, 4) is 0 Å². The van der Waals surface area contributed by atoms with Gasteiger partial charge in [0, 0.05) is 0 Å². The molecule has 0 aliphatic carbocycles. The zero-order chi connectivity index (χ0) is 13.7. The first kappa shape index (κ1) is 13.3. The van der Waals surface area contributed by atoms with E-state index < -0.39 is 17.4 Å². The summed E-state index contributed by atoms with van der Waals surface area (Å²) in [5, 5.41) is 0. The van der Waals surface area contributed by atoms with Crippen LogP contribution in [0.2, 0.25) is 0 Å². The molecule has 1 aromatic carbocycles. The normalized spacial score (nSPS) is 22.4. The van der Waals surface area contributed by atoms with E-state index in [1.807, 2.05) is 6.07 Å². The summed E-state index contributed by atoms with van der Waals surface area (Å²) in [5.74, 6) is -1.10. The van der Waals surface area contributed by atoms with Gasteiger partial charge in [-0.15, -0.1) is 0 Å². The first-order valence-corrected chi connectivity index (χ1v) is 6.22. The van der Waals surface area contributed by atoms with Crippen molar-refractivity contribution in [3.05, 3.63) is 48.6 Å². The molecule has 1 saturated heterocycles. The third-order valence-corrected chi connectivity index (χ3v) is 3.23. The summed E-state index contributed by atoms with van der Waals surface area (Å²) >= 11 is 0. The molecule has 1 aromatic rings. The van der Waals surface area contributed by atoms with Crippen LogP contribution >= 0.6 is 0 Å². The summed E-state index contributed by atoms with van der Waals surface area (Å²) in [6, 6.07) is 8.92. The number of cyclic esters (lactones) is 1. The molecule has 1 unspecified atom stereocenters. The van der Waals surface area contributed by atoms with Gasteiger partial charge >= 0.3 is 11.9 Å². The van der Waals surface area contributed by atoms with Crippen molar-refractivity contribution in [1.29, 1.82) is 0 Å². The molecule has 1 aliphatic rings. The zero-order valence-corrected chi connectivity index (χ0v) is 10.6. The van der Waals surface area contributed by atoms with Crippen molar-refractivity contribution in [3.63, 3.8) is 0 Å². The van der Waals surface area contributed by atoms with Crippen molar-refractivity contribution < 1.29 is 19.1 Å². The minimum Gasteiger partial charge on any atom is -0.465 e. The Kier molecular flexibility index (Phi) is 4.00. The molecule has 0 aromatic heterocycles. The Morgan fingerprint density at radius 1 is 1.42 bits per heavy atom. The van der Waals surface area contributed by atoms with Crippen molar-refractivity contribution in [2.75, 3.05) is 13.2 Å². The zero-order valence-electron chi connectivity index (χ0n) is 10.6. The molecule has 100 valence electrons. The molecule has 1 aliphatic heterocycles. The number of carbonyl (C=O) groups is 2. The second-order valence-corrected chi connectivity index (χ2v) is 4.40. The second-order valence-electron chi connectivity index (χ2n) is 4.40. The number of esters is 2. The SMILES string of the molecule is C=CCOC(=O)C1(c2ccccc2)CCCOC1=O. The Hall–Kier alpha value is -2.10. The molecule has 0 radical (unpaired) electrons. The Labute approximate surface area is 112 Å². The van der Waals surface area contributed by atoms with Crippen LogP contribution in [0.3, 0.4) is 0 Å². The predicted molar refractivity (Wildman–Crippen MR) is 69.5 cm³/mol. The van der Waals surface area contributed by atoms with E-state index in [9.17, 15) is 9.59 Å². The highest BCUT2D eigenvalue weighted by molar-refractivity contribution is 6.06. The monoisotopic (exact) mass is 260 g/mol. The first-order chi connectivity index (χ1) is 9.21. The molecule has 4 nitrogen and oxygen atoms in total. The van der Waals surface area contributed by atoms with E-state index in [0.29, 0.717) is 25.0 Å². The van der Waals surface area contributed by atoms with E-state index in [-0.39, 0.29) is 6.61 Å². The fourth-order valence-electron chi connectivity index (χ4n) is 2.27. The van der Waals surface area contributed by atoms with Crippen molar-refractivity contribution in [2.24, 2.45) is 0 Å². The molecule has 19 heavy (non-hydrogen) atoms. The number of benzene rings is 1. The summed E-state index contributed by atoms with van der Waals surface area (Å²) in [4.78, 5) is 24.5. The van der Waals surface area contributed by atoms with E-state index >= 15 is 0 Å². The number of hydrogen-bond acceptors (Lipinski definition) is 4. The molecule has 0 saturated carbocycles. The van der Waals surface area contributed by atoms with Crippen LogP contribution < -0.4 is 0 Å². The van der Waals surface area contributed by atoms with Crippen LogP contribution in [-0.2, 0) is 24.5 Å². The van der Waals surface area contributed by atoms with Crippen LogP contribution in [0.25, 0.3) is 0 Å². The minimum atomic E-state index is -1.33. The van der Waals surface area contributed by atoms with E-state index in [1.54, 1.807) is 24.3 Å². The molecular weight excluding hydrogens is 244 g/mol. The van der Waals surface area contributed by atoms with Gasteiger partial charge in [0.15, 0.2) is 5.41 Å². The van der Waals surface area contributed by atoms with Crippen LogP contribution in [0.5, 0.6) is 0 Å². The smallest absolute Gasteiger partial charge is 0.328 e. The van der Waals surface area contributed by atoms with Crippen molar-refractivity contribution in [1.82, 2.24) is 0 Å². The highest BCUT2D eigenvalue weighted by Gasteiger charge is 2.51. The lowest BCUT2D eigenvalue weighted by molar-refractivity contribution is -0.169. The average molecular weight is 260 g/mol. The highest BCUT2D eigenvalue weighted by Crippen LogP contribution is 2.35. The quantitative estimate of drug-likeness (QED) is 0.472. The van der Waals surface area contributed by atoms with Gasteiger partial charge in [-0.05, 0) is 18.4 Å². The fourth-order valence-corrected chi connectivity index (χ4v) is 2.27. The Morgan fingerprint density at radius 2 is 2.16 bits per heavy atom. The highest BCUT2D eigenvalue weighted by atomic mass is 16.6. The molecular formula is C15H16O4. The molecule has 2 rings (SSSR count). The molecule has 0 spiro atoms. The van der Waals surface area contributed by atoms with Gasteiger partial charge in [-0.1, -0.05) is 43.0 Å². The van der Waals surface area contributed by atoms with Gasteiger partial charge < -0.3 is 9.47 Å². The van der Waals surface area contributed by atoms with Gasteiger partial charge in [-0.2, -0.15) is 0 Å². The van der Waals surface area contributed by atoms with E-state index in [1.165, 1.54) is 6.08 Å². The summed E-state index contributed by atoms with van der Waals surface area (Å²) in [6.45, 7) is 3.93. The van der Waals surface area contributed by atoms with E-state index in [4.69, 9.17) is 9.47 Å². The molecule has 1 fully saturated rings. The molecule has 1 heterocycles. The van der Waals surface area contributed by atoms with Gasteiger partial charge in [-0.3, -0.25) is 9.59 Å². The van der Waals surface area contributed by atoms with Crippen LogP contribution in [0, 0.1) is 0 Å². The molecule has 0 N–H and O–H groups in total.